The lowest BCUT2D eigenvalue weighted by atomic mass is 9.88. The van der Waals surface area contributed by atoms with Gasteiger partial charge in [0.05, 0.1) is 11.5 Å². The first-order chi connectivity index (χ1) is 9.03. The summed E-state index contributed by atoms with van der Waals surface area (Å²) in [5, 5.41) is 0. The Balaban J connectivity index is 1.77. The summed E-state index contributed by atoms with van der Waals surface area (Å²) in [6.45, 7) is 0. The molecule has 0 saturated carbocycles. The molecule has 5 heteroatoms. The maximum atomic E-state index is 11.4. The van der Waals surface area contributed by atoms with E-state index in [4.69, 9.17) is 10.5 Å². The van der Waals surface area contributed by atoms with E-state index in [-0.39, 0.29) is 23.7 Å². The molecule has 2 atom stereocenters. The van der Waals surface area contributed by atoms with Gasteiger partial charge >= 0.3 is 0 Å². The van der Waals surface area contributed by atoms with Gasteiger partial charge in [0.2, 0.25) is 0 Å². The number of hydrogen-bond acceptors (Lipinski definition) is 4. The van der Waals surface area contributed by atoms with Crippen LogP contribution in [0.15, 0.2) is 18.2 Å². The fourth-order valence-corrected chi connectivity index (χ4v) is 4.52. The number of nitrogens with two attached hydrogens (primary N) is 1. The standard InChI is InChI=1S/C14H19NO3S/c15-14-3-1-2-10-4-5-11(8-13(10)14)18-12-6-7-19(16,17)9-12/h4-5,8,12,14H,1-3,6-7,9,15H2. The van der Waals surface area contributed by atoms with Gasteiger partial charge in [0.1, 0.15) is 11.9 Å². The van der Waals surface area contributed by atoms with Gasteiger partial charge in [-0.1, -0.05) is 6.07 Å². The number of benzene rings is 1. The molecule has 1 saturated heterocycles. The highest BCUT2D eigenvalue weighted by Gasteiger charge is 2.29. The van der Waals surface area contributed by atoms with Crippen LogP contribution in [0.4, 0.5) is 0 Å². The van der Waals surface area contributed by atoms with Crippen LogP contribution in [0.1, 0.15) is 36.4 Å². The molecule has 1 aliphatic carbocycles. The Morgan fingerprint density at radius 1 is 1.26 bits per heavy atom. The quantitative estimate of drug-likeness (QED) is 0.893. The molecule has 1 heterocycles. The molecular weight excluding hydrogens is 262 g/mol. The molecule has 2 N–H and O–H groups in total. The summed E-state index contributed by atoms with van der Waals surface area (Å²) in [5.74, 6) is 1.12. The molecule has 19 heavy (non-hydrogen) atoms. The molecule has 0 spiro atoms. The number of rotatable bonds is 2. The zero-order valence-electron chi connectivity index (χ0n) is 10.8. The van der Waals surface area contributed by atoms with E-state index in [1.165, 1.54) is 5.56 Å². The van der Waals surface area contributed by atoms with Crippen LogP contribution in [0.2, 0.25) is 0 Å². The number of ether oxygens (including phenoxy) is 1. The van der Waals surface area contributed by atoms with Crippen molar-refractivity contribution in [3.8, 4) is 5.75 Å². The Morgan fingerprint density at radius 3 is 2.84 bits per heavy atom. The Hall–Kier alpha value is -1.07. The smallest absolute Gasteiger partial charge is 0.154 e. The zero-order chi connectivity index (χ0) is 13.5. The molecule has 1 aliphatic heterocycles. The lowest BCUT2D eigenvalue weighted by Crippen LogP contribution is -2.20. The van der Waals surface area contributed by atoms with E-state index < -0.39 is 9.84 Å². The summed E-state index contributed by atoms with van der Waals surface area (Å²) in [6.07, 6.45) is 3.60. The third-order valence-corrected chi connectivity index (χ3v) is 5.71. The molecular formula is C14H19NO3S. The molecule has 0 radical (unpaired) electrons. The maximum absolute atomic E-state index is 11.4. The summed E-state index contributed by atoms with van der Waals surface area (Å²) in [5.41, 5.74) is 8.57. The minimum Gasteiger partial charge on any atom is -0.489 e. The van der Waals surface area contributed by atoms with Gasteiger partial charge in [-0.05, 0) is 48.9 Å². The van der Waals surface area contributed by atoms with E-state index in [0.717, 1.165) is 30.6 Å². The lowest BCUT2D eigenvalue weighted by Gasteiger charge is -2.23. The summed E-state index contributed by atoms with van der Waals surface area (Å²) in [4.78, 5) is 0. The molecule has 1 fully saturated rings. The number of sulfone groups is 1. The van der Waals surface area contributed by atoms with Crippen molar-refractivity contribution in [1.29, 1.82) is 0 Å². The van der Waals surface area contributed by atoms with Crippen molar-refractivity contribution in [2.45, 2.75) is 37.8 Å². The van der Waals surface area contributed by atoms with Gasteiger partial charge in [-0.25, -0.2) is 8.42 Å². The van der Waals surface area contributed by atoms with Crippen LogP contribution in [0.5, 0.6) is 5.75 Å². The average Bonchev–Trinajstić information content (AvgIpc) is 2.70. The van der Waals surface area contributed by atoms with E-state index in [1.807, 2.05) is 12.1 Å². The normalized spacial score (nSPS) is 28.9. The number of hydrogen-bond donors (Lipinski definition) is 1. The Bertz CT molecular complexity index is 582. The first-order valence-corrected chi connectivity index (χ1v) is 8.61. The van der Waals surface area contributed by atoms with Crippen molar-refractivity contribution in [2.75, 3.05) is 11.5 Å². The minimum absolute atomic E-state index is 0.0830. The van der Waals surface area contributed by atoms with Gasteiger partial charge < -0.3 is 10.5 Å². The SMILES string of the molecule is NC1CCCc2ccc(OC3CCS(=O)(=O)C3)cc21. The first-order valence-electron chi connectivity index (χ1n) is 6.79. The monoisotopic (exact) mass is 281 g/mol. The second kappa shape index (κ2) is 4.80. The van der Waals surface area contributed by atoms with Gasteiger partial charge in [-0.3, -0.25) is 0 Å². The molecule has 104 valence electrons. The van der Waals surface area contributed by atoms with E-state index in [9.17, 15) is 8.42 Å². The lowest BCUT2D eigenvalue weighted by molar-refractivity contribution is 0.228. The number of fused-ring (bicyclic) bond motifs is 1. The van der Waals surface area contributed by atoms with Crippen molar-refractivity contribution in [1.82, 2.24) is 0 Å². The van der Waals surface area contributed by atoms with Gasteiger partial charge in [0.25, 0.3) is 0 Å². The van der Waals surface area contributed by atoms with Gasteiger partial charge in [-0.2, -0.15) is 0 Å². The molecule has 3 rings (SSSR count). The molecule has 1 aromatic rings. The second-order valence-corrected chi connectivity index (χ2v) is 7.73. The van der Waals surface area contributed by atoms with Crippen LogP contribution in [0.3, 0.4) is 0 Å². The van der Waals surface area contributed by atoms with Crippen LogP contribution < -0.4 is 10.5 Å². The summed E-state index contributed by atoms with van der Waals surface area (Å²) >= 11 is 0. The van der Waals surface area contributed by atoms with Crippen LogP contribution >= 0.6 is 0 Å². The van der Waals surface area contributed by atoms with Crippen LogP contribution in [-0.4, -0.2) is 26.0 Å². The predicted octanol–water partition coefficient (Wildman–Crippen LogP) is 1.59. The first kappa shape index (κ1) is 12.9. The fourth-order valence-electron chi connectivity index (χ4n) is 2.93. The van der Waals surface area contributed by atoms with Crippen LogP contribution in [0, 0.1) is 0 Å². The maximum Gasteiger partial charge on any atom is 0.154 e. The third kappa shape index (κ3) is 2.77. The van der Waals surface area contributed by atoms with Gasteiger partial charge in [-0.15, -0.1) is 0 Å². The van der Waals surface area contributed by atoms with Crippen molar-refractivity contribution >= 4 is 9.84 Å². The zero-order valence-corrected chi connectivity index (χ0v) is 11.7. The van der Waals surface area contributed by atoms with Crippen molar-refractivity contribution in [3.63, 3.8) is 0 Å². The van der Waals surface area contributed by atoms with Gasteiger partial charge in [0, 0.05) is 6.04 Å². The predicted molar refractivity (Wildman–Crippen MR) is 74.0 cm³/mol. The Morgan fingerprint density at radius 2 is 2.11 bits per heavy atom. The fraction of sp³-hybridized carbons (Fsp3) is 0.571. The second-order valence-electron chi connectivity index (χ2n) is 5.50. The van der Waals surface area contributed by atoms with Gasteiger partial charge in [0.15, 0.2) is 9.84 Å². The summed E-state index contributed by atoms with van der Waals surface area (Å²) in [6, 6.07) is 6.07. The third-order valence-electron chi connectivity index (χ3n) is 3.97. The van der Waals surface area contributed by atoms with E-state index in [2.05, 4.69) is 6.07 Å². The summed E-state index contributed by atoms with van der Waals surface area (Å²) in [7, 11) is -2.89. The highest BCUT2D eigenvalue weighted by molar-refractivity contribution is 7.91. The molecule has 0 aromatic heterocycles. The topological polar surface area (TPSA) is 69.4 Å². The molecule has 4 nitrogen and oxygen atoms in total. The van der Waals surface area contributed by atoms with Crippen LogP contribution in [0.25, 0.3) is 0 Å². The van der Waals surface area contributed by atoms with E-state index in [0.29, 0.717) is 6.42 Å². The van der Waals surface area contributed by atoms with Crippen molar-refractivity contribution in [3.05, 3.63) is 29.3 Å². The Labute approximate surface area is 113 Å². The number of aryl methyl sites for hydroxylation is 1. The average molecular weight is 281 g/mol. The Kier molecular flexibility index (Phi) is 3.27. The molecule has 2 unspecified atom stereocenters. The van der Waals surface area contributed by atoms with E-state index >= 15 is 0 Å². The molecule has 1 aromatic carbocycles. The van der Waals surface area contributed by atoms with Crippen molar-refractivity contribution in [2.24, 2.45) is 5.73 Å². The van der Waals surface area contributed by atoms with E-state index in [1.54, 1.807) is 0 Å². The largest absolute Gasteiger partial charge is 0.489 e. The molecule has 2 aliphatic rings. The summed E-state index contributed by atoms with van der Waals surface area (Å²) < 4.78 is 28.6. The highest BCUT2D eigenvalue weighted by atomic mass is 32.2. The minimum atomic E-state index is -2.89. The highest BCUT2D eigenvalue weighted by Crippen LogP contribution is 2.31. The van der Waals surface area contributed by atoms with Crippen molar-refractivity contribution < 1.29 is 13.2 Å². The van der Waals surface area contributed by atoms with Crippen LogP contribution in [-0.2, 0) is 16.3 Å². The molecule has 0 bridgehead atoms. The molecule has 0 amide bonds.